The van der Waals surface area contributed by atoms with Gasteiger partial charge >= 0.3 is 0 Å². The zero-order valence-corrected chi connectivity index (χ0v) is 12.2. The number of rotatable bonds is 9. The van der Waals surface area contributed by atoms with Gasteiger partial charge in [-0.3, -0.25) is 0 Å². The molecule has 0 aliphatic rings. The van der Waals surface area contributed by atoms with Crippen molar-refractivity contribution in [1.82, 2.24) is 0 Å². The van der Waals surface area contributed by atoms with Crippen molar-refractivity contribution in [2.24, 2.45) is 5.73 Å². The van der Waals surface area contributed by atoms with E-state index in [0.29, 0.717) is 19.6 Å². The fourth-order valence-electron chi connectivity index (χ4n) is 1.88. The van der Waals surface area contributed by atoms with Gasteiger partial charge in [-0.25, -0.2) is 0 Å². The molecule has 0 aliphatic heterocycles. The molecule has 0 saturated carbocycles. The molecule has 0 aromatic heterocycles. The molecule has 0 heterocycles. The van der Waals surface area contributed by atoms with E-state index in [4.69, 9.17) is 10.5 Å². The Kier molecular flexibility index (Phi) is 6.89. The van der Waals surface area contributed by atoms with Crippen molar-refractivity contribution in [2.45, 2.75) is 51.6 Å². The van der Waals surface area contributed by atoms with Crippen molar-refractivity contribution in [3.63, 3.8) is 0 Å². The van der Waals surface area contributed by atoms with Crippen LogP contribution in [0.25, 0.3) is 0 Å². The van der Waals surface area contributed by atoms with Crippen LogP contribution < -0.4 is 10.5 Å². The number of hydrogen-bond donors (Lipinski definition) is 2. The Hall–Kier alpha value is -1.06. The Labute approximate surface area is 116 Å². The van der Waals surface area contributed by atoms with Gasteiger partial charge in [0, 0.05) is 6.54 Å². The van der Waals surface area contributed by atoms with Gasteiger partial charge < -0.3 is 15.6 Å². The molecule has 1 rings (SSSR count). The topological polar surface area (TPSA) is 55.5 Å². The Morgan fingerprint density at radius 3 is 2.47 bits per heavy atom. The van der Waals surface area contributed by atoms with Crippen molar-refractivity contribution in [3.05, 3.63) is 29.8 Å². The van der Waals surface area contributed by atoms with Crippen molar-refractivity contribution >= 4 is 0 Å². The first-order valence-corrected chi connectivity index (χ1v) is 7.21. The van der Waals surface area contributed by atoms with E-state index in [-0.39, 0.29) is 0 Å². The molecule has 0 bridgehead atoms. The number of nitrogens with two attached hydrogens (primary N) is 1. The Morgan fingerprint density at radius 2 is 1.89 bits per heavy atom. The van der Waals surface area contributed by atoms with Crippen molar-refractivity contribution in [1.29, 1.82) is 0 Å². The summed E-state index contributed by atoms with van der Waals surface area (Å²) in [5, 5.41) is 9.76. The van der Waals surface area contributed by atoms with Crippen LogP contribution in [0.4, 0.5) is 0 Å². The van der Waals surface area contributed by atoms with Crippen LogP contribution in [0.2, 0.25) is 0 Å². The third kappa shape index (κ3) is 6.60. The highest BCUT2D eigenvalue weighted by Gasteiger charge is 2.16. The van der Waals surface area contributed by atoms with Gasteiger partial charge in [-0.1, -0.05) is 25.5 Å². The van der Waals surface area contributed by atoms with Gasteiger partial charge in [0.2, 0.25) is 0 Å². The van der Waals surface area contributed by atoms with E-state index in [2.05, 4.69) is 19.1 Å². The van der Waals surface area contributed by atoms with Crippen LogP contribution in [0.15, 0.2) is 24.3 Å². The number of benzene rings is 1. The summed E-state index contributed by atoms with van der Waals surface area (Å²) in [4.78, 5) is 0. The minimum Gasteiger partial charge on any atom is -0.494 e. The first-order chi connectivity index (χ1) is 9.07. The predicted molar refractivity (Wildman–Crippen MR) is 79.5 cm³/mol. The summed E-state index contributed by atoms with van der Waals surface area (Å²) in [5.74, 6) is 0.896. The molecule has 0 amide bonds. The zero-order valence-electron chi connectivity index (χ0n) is 12.2. The van der Waals surface area contributed by atoms with E-state index in [1.54, 1.807) is 6.92 Å². The van der Waals surface area contributed by atoms with E-state index in [1.807, 2.05) is 12.1 Å². The van der Waals surface area contributed by atoms with Crippen molar-refractivity contribution < 1.29 is 9.84 Å². The van der Waals surface area contributed by atoms with Gasteiger partial charge in [-0.2, -0.15) is 0 Å². The molecule has 3 heteroatoms. The monoisotopic (exact) mass is 265 g/mol. The van der Waals surface area contributed by atoms with Gasteiger partial charge in [0.1, 0.15) is 5.75 Å². The average Bonchev–Trinajstić information content (AvgIpc) is 2.42. The number of unbranched alkanes of at least 4 members (excludes halogenated alkanes) is 1. The lowest BCUT2D eigenvalue weighted by atomic mass is 10.0. The van der Waals surface area contributed by atoms with Crippen LogP contribution in [-0.4, -0.2) is 23.9 Å². The Bertz CT molecular complexity index is 346. The van der Waals surface area contributed by atoms with Crippen LogP contribution in [0.1, 0.15) is 45.1 Å². The summed E-state index contributed by atoms with van der Waals surface area (Å²) in [6, 6.07) is 8.29. The normalized spacial score (nSPS) is 14.1. The maximum Gasteiger partial charge on any atom is 0.119 e. The van der Waals surface area contributed by atoms with Crippen LogP contribution in [0, 0.1) is 0 Å². The third-order valence-electron chi connectivity index (χ3n) is 3.31. The third-order valence-corrected chi connectivity index (χ3v) is 3.31. The standard InChI is InChI=1S/C16H27NO2/c1-3-4-6-14-7-9-15(10-8-14)19-12-5-11-16(2,18)13-17/h7-10,18H,3-6,11-13,17H2,1-2H3. The second-order valence-corrected chi connectivity index (χ2v) is 5.40. The number of aryl methyl sites for hydroxylation is 1. The molecule has 1 aromatic rings. The van der Waals surface area contributed by atoms with Gasteiger partial charge in [0.05, 0.1) is 12.2 Å². The number of aliphatic hydroxyl groups is 1. The summed E-state index contributed by atoms with van der Waals surface area (Å²) >= 11 is 0. The van der Waals surface area contributed by atoms with Gasteiger partial charge in [-0.05, 0) is 50.3 Å². The molecule has 19 heavy (non-hydrogen) atoms. The quantitative estimate of drug-likeness (QED) is 0.675. The molecule has 108 valence electrons. The zero-order chi connectivity index (χ0) is 14.1. The number of ether oxygens (including phenoxy) is 1. The van der Waals surface area contributed by atoms with Crippen LogP contribution >= 0.6 is 0 Å². The SMILES string of the molecule is CCCCc1ccc(OCCCC(C)(O)CN)cc1. The first-order valence-electron chi connectivity index (χ1n) is 7.21. The molecule has 0 fully saturated rings. The van der Waals surface area contributed by atoms with E-state index < -0.39 is 5.60 Å². The Morgan fingerprint density at radius 1 is 1.21 bits per heavy atom. The largest absolute Gasteiger partial charge is 0.494 e. The second-order valence-electron chi connectivity index (χ2n) is 5.40. The molecule has 1 aromatic carbocycles. The molecule has 0 spiro atoms. The first kappa shape index (κ1) is 16.0. The van der Waals surface area contributed by atoms with Gasteiger partial charge in [-0.15, -0.1) is 0 Å². The van der Waals surface area contributed by atoms with E-state index in [1.165, 1.54) is 18.4 Å². The predicted octanol–water partition coefficient (Wildman–Crippen LogP) is 2.90. The van der Waals surface area contributed by atoms with Gasteiger partial charge in [0.15, 0.2) is 0 Å². The molecule has 1 atom stereocenters. The summed E-state index contributed by atoms with van der Waals surface area (Å²) in [7, 11) is 0. The molecule has 1 unspecified atom stereocenters. The lowest BCUT2D eigenvalue weighted by Crippen LogP contribution is -2.34. The second kappa shape index (κ2) is 8.18. The fourth-order valence-corrected chi connectivity index (χ4v) is 1.88. The van der Waals surface area contributed by atoms with E-state index >= 15 is 0 Å². The molecule has 3 nitrogen and oxygen atoms in total. The molecule has 0 saturated heterocycles. The van der Waals surface area contributed by atoms with Gasteiger partial charge in [0.25, 0.3) is 0 Å². The molecule has 0 radical (unpaired) electrons. The Balaban J connectivity index is 2.26. The maximum atomic E-state index is 9.76. The lowest BCUT2D eigenvalue weighted by molar-refractivity contribution is 0.0536. The highest BCUT2D eigenvalue weighted by atomic mass is 16.5. The minimum atomic E-state index is -0.770. The lowest BCUT2D eigenvalue weighted by Gasteiger charge is -2.20. The van der Waals surface area contributed by atoms with Crippen molar-refractivity contribution in [3.8, 4) is 5.75 Å². The summed E-state index contributed by atoms with van der Waals surface area (Å²) in [6.45, 7) is 4.87. The maximum absolute atomic E-state index is 9.76. The fraction of sp³-hybridized carbons (Fsp3) is 0.625. The summed E-state index contributed by atoms with van der Waals surface area (Å²) < 4.78 is 5.65. The molecular weight excluding hydrogens is 238 g/mol. The summed E-state index contributed by atoms with van der Waals surface area (Å²) in [5.41, 5.74) is 6.06. The number of hydrogen-bond acceptors (Lipinski definition) is 3. The summed E-state index contributed by atoms with van der Waals surface area (Å²) in [6.07, 6.45) is 5.06. The smallest absolute Gasteiger partial charge is 0.119 e. The molecule has 0 aliphatic carbocycles. The highest BCUT2D eigenvalue weighted by molar-refractivity contribution is 5.27. The molecule has 3 N–H and O–H groups in total. The van der Waals surface area contributed by atoms with Crippen LogP contribution in [0.5, 0.6) is 5.75 Å². The minimum absolute atomic E-state index is 0.291. The molecular formula is C16H27NO2. The average molecular weight is 265 g/mol. The highest BCUT2D eigenvalue weighted by Crippen LogP contribution is 2.15. The van der Waals surface area contributed by atoms with Crippen molar-refractivity contribution in [2.75, 3.05) is 13.2 Å². The van der Waals surface area contributed by atoms with E-state index in [0.717, 1.165) is 18.6 Å². The van der Waals surface area contributed by atoms with E-state index in [9.17, 15) is 5.11 Å². The van der Waals surface area contributed by atoms with Crippen LogP contribution in [-0.2, 0) is 6.42 Å². The van der Waals surface area contributed by atoms with Crippen LogP contribution in [0.3, 0.4) is 0 Å².